The van der Waals surface area contributed by atoms with Gasteiger partial charge in [-0.1, -0.05) is 60.7 Å². The van der Waals surface area contributed by atoms with Crippen LogP contribution in [0.5, 0.6) is 0 Å². The van der Waals surface area contributed by atoms with E-state index in [9.17, 15) is 4.79 Å². The summed E-state index contributed by atoms with van der Waals surface area (Å²) in [6.45, 7) is 0. The molecule has 1 N–H and O–H groups in total. The summed E-state index contributed by atoms with van der Waals surface area (Å²) in [6, 6.07) is 45.2. The second-order valence-electron chi connectivity index (χ2n) is 8.00. The molecule has 0 saturated carbocycles. The Morgan fingerprint density at radius 3 is 1.35 bits per heavy atom. The molecule has 0 aliphatic carbocycles. The zero-order chi connectivity index (χ0) is 23.2. The molecular weight excluding hydrogens is 416 g/mol. The van der Waals surface area contributed by atoms with E-state index in [2.05, 4.69) is 107 Å². The Hall–Kier alpha value is -4.63. The first-order valence-corrected chi connectivity index (χ1v) is 11.2. The van der Waals surface area contributed by atoms with Crippen molar-refractivity contribution in [2.75, 3.05) is 10.2 Å². The van der Waals surface area contributed by atoms with Crippen molar-refractivity contribution >= 4 is 34.7 Å². The van der Waals surface area contributed by atoms with E-state index in [4.69, 9.17) is 0 Å². The fourth-order valence-electron chi connectivity index (χ4n) is 3.96. The molecule has 0 radical (unpaired) electrons. The van der Waals surface area contributed by atoms with E-state index in [1.807, 2.05) is 24.3 Å². The molecular formula is C31H24N2O. The van der Waals surface area contributed by atoms with Gasteiger partial charge in [0, 0.05) is 34.0 Å². The highest BCUT2D eigenvalue weighted by molar-refractivity contribution is 5.79. The second-order valence-corrected chi connectivity index (χ2v) is 8.00. The monoisotopic (exact) mass is 440 g/mol. The zero-order valence-electron chi connectivity index (χ0n) is 18.6. The van der Waals surface area contributed by atoms with Gasteiger partial charge in [0.2, 0.25) is 0 Å². The quantitative estimate of drug-likeness (QED) is 0.258. The lowest BCUT2D eigenvalue weighted by Crippen LogP contribution is -2.09. The molecule has 0 unspecified atom stereocenters. The molecule has 5 aromatic rings. The SMILES string of the molecule is O=Cc1ccc(Nc2ccc(-c3ccc(N(c4ccccc4)c4ccccc4)cc3)cc2)cc1. The molecule has 0 atom stereocenters. The van der Waals surface area contributed by atoms with Crippen LogP contribution >= 0.6 is 0 Å². The summed E-state index contributed by atoms with van der Waals surface area (Å²) in [6.07, 6.45) is 0.850. The Morgan fingerprint density at radius 1 is 0.471 bits per heavy atom. The molecule has 34 heavy (non-hydrogen) atoms. The number of carbonyl (C=O) groups excluding carboxylic acids is 1. The van der Waals surface area contributed by atoms with Gasteiger partial charge < -0.3 is 10.2 Å². The number of benzene rings is 5. The molecule has 0 aliphatic heterocycles. The third kappa shape index (κ3) is 4.74. The molecule has 0 aromatic heterocycles. The first-order chi connectivity index (χ1) is 16.8. The molecule has 0 aliphatic rings. The molecule has 0 amide bonds. The lowest BCUT2D eigenvalue weighted by atomic mass is 10.0. The first kappa shape index (κ1) is 21.2. The minimum Gasteiger partial charge on any atom is -0.356 e. The van der Waals surface area contributed by atoms with Crippen LogP contribution in [-0.4, -0.2) is 6.29 Å². The number of hydrogen-bond donors (Lipinski definition) is 1. The maximum atomic E-state index is 10.8. The van der Waals surface area contributed by atoms with Crippen LogP contribution in [0.1, 0.15) is 10.4 Å². The van der Waals surface area contributed by atoms with Gasteiger partial charge in [0.25, 0.3) is 0 Å². The van der Waals surface area contributed by atoms with Crippen molar-refractivity contribution in [2.45, 2.75) is 0 Å². The van der Waals surface area contributed by atoms with Crippen LogP contribution in [0.25, 0.3) is 11.1 Å². The minimum absolute atomic E-state index is 0.669. The number of carbonyl (C=O) groups is 1. The van der Waals surface area contributed by atoms with Gasteiger partial charge in [-0.15, -0.1) is 0 Å². The summed E-state index contributed by atoms with van der Waals surface area (Å²) in [7, 11) is 0. The molecule has 5 rings (SSSR count). The Balaban J connectivity index is 1.37. The summed E-state index contributed by atoms with van der Waals surface area (Å²) in [5.74, 6) is 0. The Kier molecular flexibility index (Phi) is 6.17. The van der Waals surface area contributed by atoms with Crippen LogP contribution < -0.4 is 10.2 Å². The van der Waals surface area contributed by atoms with Crippen LogP contribution in [0.4, 0.5) is 28.4 Å². The number of hydrogen-bond acceptors (Lipinski definition) is 3. The molecule has 164 valence electrons. The lowest BCUT2D eigenvalue weighted by Gasteiger charge is -2.25. The average Bonchev–Trinajstić information content (AvgIpc) is 2.91. The fourth-order valence-corrected chi connectivity index (χ4v) is 3.96. The highest BCUT2D eigenvalue weighted by atomic mass is 16.1. The van der Waals surface area contributed by atoms with Gasteiger partial charge >= 0.3 is 0 Å². The topological polar surface area (TPSA) is 32.3 Å². The van der Waals surface area contributed by atoms with Gasteiger partial charge in [0.05, 0.1) is 0 Å². The second kappa shape index (κ2) is 9.88. The standard InChI is InChI=1S/C31H24N2O/c34-23-24-11-17-27(18-12-24)32-28-19-13-25(14-20-28)26-15-21-31(22-16-26)33(29-7-3-1-4-8-29)30-9-5-2-6-10-30/h1-23,32H. The molecule has 0 bridgehead atoms. The van der Waals surface area contributed by atoms with Crippen molar-refractivity contribution in [2.24, 2.45) is 0 Å². The summed E-state index contributed by atoms with van der Waals surface area (Å²) < 4.78 is 0. The molecule has 5 aromatic carbocycles. The smallest absolute Gasteiger partial charge is 0.150 e. The van der Waals surface area contributed by atoms with Crippen LogP contribution in [0, 0.1) is 0 Å². The minimum atomic E-state index is 0.669. The van der Waals surface area contributed by atoms with Crippen molar-refractivity contribution in [3.05, 3.63) is 139 Å². The summed E-state index contributed by atoms with van der Waals surface area (Å²) in [5, 5.41) is 3.37. The van der Waals surface area contributed by atoms with E-state index in [1.54, 1.807) is 12.1 Å². The molecule has 0 heterocycles. The van der Waals surface area contributed by atoms with Crippen molar-refractivity contribution in [3.8, 4) is 11.1 Å². The van der Waals surface area contributed by atoms with E-state index < -0.39 is 0 Å². The highest BCUT2D eigenvalue weighted by Crippen LogP contribution is 2.35. The third-order valence-corrected chi connectivity index (χ3v) is 5.71. The van der Waals surface area contributed by atoms with Crippen LogP contribution in [0.15, 0.2) is 133 Å². The zero-order valence-corrected chi connectivity index (χ0v) is 18.6. The number of nitrogens with zero attached hydrogens (tertiary/aromatic N) is 1. The van der Waals surface area contributed by atoms with E-state index in [0.717, 1.165) is 45.8 Å². The van der Waals surface area contributed by atoms with E-state index in [0.29, 0.717) is 5.56 Å². The Labute approximate surface area is 199 Å². The van der Waals surface area contributed by atoms with E-state index >= 15 is 0 Å². The average molecular weight is 441 g/mol. The number of anilines is 5. The predicted octanol–water partition coefficient (Wildman–Crippen LogP) is 8.38. The third-order valence-electron chi connectivity index (χ3n) is 5.71. The van der Waals surface area contributed by atoms with Crippen molar-refractivity contribution in [3.63, 3.8) is 0 Å². The van der Waals surface area contributed by atoms with Gasteiger partial charge in [0.15, 0.2) is 0 Å². The van der Waals surface area contributed by atoms with Crippen LogP contribution in [0.3, 0.4) is 0 Å². The Morgan fingerprint density at radius 2 is 0.882 bits per heavy atom. The molecule has 0 fully saturated rings. The van der Waals surface area contributed by atoms with Crippen molar-refractivity contribution in [1.82, 2.24) is 0 Å². The predicted molar refractivity (Wildman–Crippen MR) is 142 cm³/mol. The lowest BCUT2D eigenvalue weighted by molar-refractivity contribution is 0.112. The molecule has 3 nitrogen and oxygen atoms in total. The number of rotatable bonds is 7. The van der Waals surface area contributed by atoms with E-state index in [1.165, 1.54) is 0 Å². The van der Waals surface area contributed by atoms with Gasteiger partial charge in [0.1, 0.15) is 6.29 Å². The maximum absolute atomic E-state index is 10.8. The fraction of sp³-hybridized carbons (Fsp3) is 0. The number of aldehydes is 1. The van der Waals surface area contributed by atoms with Crippen LogP contribution in [0.2, 0.25) is 0 Å². The largest absolute Gasteiger partial charge is 0.356 e. The summed E-state index contributed by atoms with van der Waals surface area (Å²) in [5.41, 5.74) is 8.28. The normalized spacial score (nSPS) is 10.5. The molecule has 3 heteroatoms. The Bertz CT molecular complexity index is 1310. The van der Waals surface area contributed by atoms with Gasteiger partial charge in [-0.25, -0.2) is 0 Å². The first-order valence-electron chi connectivity index (χ1n) is 11.2. The van der Waals surface area contributed by atoms with Gasteiger partial charge in [-0.3, -0.25) is 4.79 Å². The number of para-hydroxylation sites is 2. The van der Waals surface area contributed by atoms with Crippen molar-refractivity contribution in [1.29, 1.82) is 0 Å². The maximum Gasteiger partial charge on any atom is 0.150 e. The van der Waals surface area contributed by atoms with Gasteiger partial charge in [-0.2, -0.15) is 0 Å². The number of nitrogens with one attached hydrogen (secondary N) is 1. The molecule has 0 saturated heterocycles. The summed E-state index contributed by atoms with van der Waals surface area (Å²) >= 11 is 0. The molecule has 0 spiro atoms. The van der Waals surface area contributed by atoms with Crippen molar-refractivity contribution < 1.29 is 4.79 Å². The van der Waals surface area contributed by atoms with Crippen LogP contribution in [-0.2, 0) is 0 Å². The van der Waals surface area contributed by atoms with E-state index in [-0.39, 0.29) is 0 Å². The highest BCUT2D eigenvalue weighted by Gasteiger charge is 2.11. The summed E-state index contributed by atoms with van der Waals surface area (Å²) in [4.78, 5) is 13.1. The van der Waals surface area contributed by atoms with Gasteiger partial charge in [-0.05, 0) is 83.9 Å².